The number of carbonyl (C=O) groups excluding carboxylic acids is 1. The topological polar surface area (TPSA) is 56.8 Å². The molecule has 0 spiro atoms. The molecule has 0 saturated heterocycles. The highest BCUT2D eigenvalue weighted by Gasteiger charge is 2.39. The predicted octanol–water partition coefficient (Wildman–Crippen LogP) is 2.82. The van der Waals surface area contributed by atoms with Crippen LogP contribution in [-0.4, -0.2) is 41.1 Å². The van der Waals surface area contributed by atoms with Crippen molar-refractivity contribution >= 4 is 14.7 Å². The summed E-state index contributed by atoms with van der Waals surface area (Å²) in [6, 6.07) is 0.729. The Labute approximate surface area is 135 Å². The van der Waals surface area contributed by atoms with Crippen molar-refractivity contribution in [1.82, 2.24) is 5.32 Å². The van der Waals surface area contributed by atoms with Crippen LogP contribution in [0.3, 0.4) is 0 Å². The highest BCUT2D eigenvalue weighted by Crippen LogP contribution is 2.18. The van der Waals surface area contributed by atoms with Crippen LogP contribution in [0.5, 0.6) is 0 Å². The fraction of sp³-hybridized carbons (Fsp3) is 0.688. The van der Waals surface area contributed by atoms with Crippen molar-refractivity contribution in [3.05, 3.63) is 23.8 Å². The first-order valence-corrected chi connectivity index (χ1v) is 10.1. The summed E-state index contributed by atoms with van der Waals surface area (Å²) in [5.74, 6) is 0.0754. The summed E-state index contributed by atoms with van der Waals surface area (Å²) >= 11 is 0. The third-order valence-corrected chi connectivity index (χ3v) is 6.46. The summed E-state index contributed by atoms with van der Waals surface area (Å²) in [4.78, 5) is 11.8. The van der Waals surface area contributed by atoms with Gasteiger partial charge >= 0.3 is 8.80 Å². The molecule has 1 N–H and O–H groups in total. The molecule has 22 heavy (non-hydrogen) atoms. The van der Waals surface area contributed by atoms with Crippen molar-refractivity contribution < 1.29 is 18.1 Å². The van der Waals surface area contributed by atoms with E-state index in [1.807, 2.05) is 32.9 Å². The van der Waals surface area contributed by atoms with E-state index in [2.05, 4.69) is 11.4 Å². The molecule has 1 amide bonds. The van der Waals surface area contributed by atoms with Gasteiger partial charge in [0.05, 0.1) is 0 Å². The van der Waals surface area contributed by atoms with Crippen LogP contribution in [0.2, 0.25) is 6.04 Å². The molecular weight excluding hydrogens is 298 g/mol. The van der Waals surface area contributed by atoms with Crippen LogP contribution < -0.4 is 5.32 Å². The third-order valence-electron chi connectivity index (χ3n) is 3.31. The monoisotopic (exact) mass is 327 g/mol. The van der Waals surface area contributed by atoms with Gasteiger partial charge in [-0.1, -0.05) is 23.8 Å². The van der Waals surface area contributed by atoms with Crippen LogP contribution in [0.25, 0.3) is 0 Å². The molecule has 6 heteroatoms. The van der Waals surface area contributed by atoms with Crippen molar-refractivity contribution in [1.29, 1.82) is 0 Å². The first kappa shape index (κ1) is 19.1. The van der Waals surface area contributed by atoms with Crippen molar-refractivity contribution in [3.63, 3.8) is 0 Å². The summed E-state index contributed by atoms with van der Waals surface area (Å²) < 4.78 is 17.4. The van der Waals surface area contributed by atoms with Gasteiger partial charge in [-0.3, -0.25) is 4.79 Å². The number of nitrogens with one attached hydrogen (secondary N) is 1. The summed E-state index contributed by atoms with van der Waals surface area (Å²) in [6.07, 6.45) is 8.25. The molecule has 5 nitrogen and oxygen atoms in total. The Kier molecular flexibility index (Phi) is 9.30. The minimum Gasteiger partial charge on any atom is -0.374 e. The summed E-state index contributed by atoms with van der Waals surface area (Å²) in [5.41, 5.74) is 1.17. The van der Waals surface area contributed by atoms with Crippen molar-refractivity contribution in [2.75, 3.05) is 26.4 Å². The first-order chi connectivity index (χ1) is 10.7. The van der Waals surface area contributed by atoms with Gasteiger partial charge in [0.2, 0.25) is 5.91 Å². The number of allylic oxidation sites excluding steroid dienone is 3. The smallest absolute Gasteiger partial charge is 0.374 e. The number of rotatable bonds is 12. The second-order valence-corrected chi connectivity index (χ2v) is 7.80. The van der Waals surface area contributed by atoms with Crippen molar-refractivity contribution in [2.45, 2.75) is 46.1 Å². The molecule has 0 aromatic rings. The standard InChI is InChI=1S/C16H29NO4Si/c1-4-19-22(20-5-2,21-6-3)13-9-12-17-16(18)14-15-10-7-8-11-15/h7-8,10H,4-6,9,11-14H2,1-3H3,(H,17,18). The Morgan fingerprint density at radius 3 is 2.32 bits per heavy atom. The SMILES string of the molecule is CCO[Si](CCCNC(=O)CC1=CC=CC1)(OCC)OCC. The minimum atomic E-state index is -2.58. The van der Waals surface area contributed by atoms with Gasteiger partial charge in [-0.15, -0.1) is 0 Å². The molecule has 0 aliphatic heterocycles. The third kappa shape index (κ3) is 6.87. The lowest BCUT2D eigenvalue weighted by Crippen LogP contribution is -2.46. The van der Waals surface area contributed by atoms with Crippen LogP contribution >= 0.6 is 0 Å². The first-order valence-electron chi connectivity index (χ1n) is 8.19. The summed E-state index contributed by atoms with van der Waals surface area (Å²) in [7, 11) is -2.58. The molecule has 0 unspecified atom stereocenters. The van der Waals surface area contributed by atoms with Crippen molar-refractivity contribution in [2.24, 2.45) is 0 Å². The zero-order valence-corrected chi connectivity index (χ0v) is 15.0. The van der Waals surface area contributed by atoms with E-state index in [-0.39, 0.29) is 5.91 Å². The van der Waals surface area contributed by atoms with Crippen LogP contribution in [0, 0.1) is 0 Å². The summed E-state index contributed by atoms with van der Waals surface area (Å²) in [6.45, 7) is 8.22. The second-order valence-electron chi connectivity index (χ2n) is 5.07. The van der Waals surface area contributed by atoms with E-state index in [0.717, 1.165) is 18.9 Å². The summed E-state index contributed by atoms with van der Waals surface area (Å²) in [5, 5.41) is 2.96. The van der Waals surface area contributed by atoms with Gasteiger partial charge in [-0.2, -0.15) is 0 Å². The van der Waals surface area contributed by atoms with Crippen LogP contribution in [0.1, 0.15) is 40.0 Å². The maximum absolute atomic E-state index is 11.8. The van der Waals surface area contributed by atoms with Gasteiger partial charge in [-0.25, -0.2) is 0 Å². The molecular formula is C16H29NO4Si. The number of amides is 1. The van der Waals surface area contributed by atoms with Gasteiger partial charge in [0.25, 0.3) is 0 Å². The largest absolute Gasteiger partial charge is 0.500 e. The molecule has 0 heterocycles. The van der Waals surface area contributed by atoms with E-state index in [1.54, 1.807) is 0 Å². The molecule has 0 atom stereocenters. The van der Waals surface area contributed by atoms with Gasteiger partial charge < -0.3 is 18.6 Å². The Balaban J connectivity index is 2.30. The number of hydrogen-bond acceptors (Lipinski definition) is 4. The van der Waals surface area contributed by atoms with Gasteiger partial charge in [-0.05, 0) is 33.6 Å². The fourth-order valence-electron chi connectivity index (χ4n) is 2.43. The van der Waals surface area contributed by atoms with Gasteiger partial charge in [0, 0.05) is 38.8 Å². The highest BCUT2D eigenvalue weighted by atomic mass is 28.4. The van der Waals surface area contributed by atoms with Gasteiger partial charge in [0.15, 0.2) is 0 Å². The van der Waals surface area contributed by atoms with E-state index in [4.69, 9.17) is 13.3 Å². The Morgan fingerprint density at radius 1 is 1.18 bits per heavy atom. The lowest BCUT2D eigenvalue weighted by atomic mass is 10.1. The average molecular weight is 327 g/mol. The van der Waals surface area contributed by atoms with E-state index in [1.165, 1.54) is 5.57 Å². The number of hydrogen-bond donors (Lipinski definition) is 1. The molecule has 0 bridgehead atoms. The molecule has 1 aliphatic carbocycles. The maximum atomic E-state index is 11.8. The van der Waals surface area contributed by atoms with E-state index >= 15 is 0 Å². The molecule has 0 radical (unpaired) electrons. The molecule has 0 saturated carbocycles. The lowest BCUT2D eigenvalue weighted by molar-refractivity contribution is -0.120. The molecule has 126 valence electrons. The van der Waals surface area contributed by atoms with Crippen molar-refractivity contribution in [3.8, 4) is 0 Å². The zero-order valence-electron chi connectivity index (χ0n) is 14.0. The fourth-order valence-corrected chi connectivity index (χ4v) is 5.04. The Hall–Kier alpha value is -0.953. The van der Waals surface area contributed by atoms with Crippen LogP contribution in [0.4, 0.5) is 0 Å². The van der Waals surface area contributed by atoms with Gasteiger partial charge in [0.1, 0.15) is 0 Å². The lowest BCUT2D eigenvalue weighted by Gasteiger charge is -2.28. The second kappa shape index (κ2) is 10.7. The quantitative estimate of drug-likeness (QED) is 0.442. The van der Waals surface area contributed by atoms with Crippen LogP contribution in [-0.2, 0) is 18.1 Å². The predicted molar refractivity (Wildman–Crippen MR) is 89.5 cm³/mol. The Bertz CT molecular complexity index is 379. The number of carbonyl (C=O) groups is 1. The molecule has 1 rings (SSSR count). The highest BCUT2D eigenvalue weighted by molar-refractivity contribution is 6.60. The molecule has 0 aromatic heterocycles. The average Bonchev–Trinajstić information content (AvgIpc) is 2.97. The molecule has 1 aliphatic rings. The normalized spacial score (nSPS) is 14.2. The zero-order chi connectivity index (χ0) is 16.3. The molecule has 0 fully saturated rings. The Morgan fingerprint density at radius 2 is 1.82 bits per heavy atom. The van der Waals surface area contributed by atoms with Crippen LogP contribution in [0.15, 0.2) is 23.8 Å². The van der Waals surface area contributed by atoms with E-state index < -0.39 is 8.80 Å². The minimum absolute atomic E-state index is 0.0754. The van der Waals surface area contributed by atoms with E-state index in [9.17, 15) is 4.79 Å². The molecule has 0 aromatic carbocycles. The van der Waals surface area contributed by atoms with E-state index in [0.29, 0.717) is 32.8 Å². The maximum Gasteiger partial charge on any atom is 0.500 e.